The third kappa shape index (κ3) is 0.849. The SMILES string of the molecule is O=C1N=NCc2c1[nH]c1ccccc21. The van der Waals surface area contributed by atoms with Gasteiger partial charge in [0.05, 0.1) is 6.54 Å². The Morgan fingerprint density at radius 3 is 3.07 bits per heavy atom. The molecule has 1 N–H and O–H groups in total. The number of nitrogens with zero attached hydrogens (tertiary/aromatic N) is 2. The van der Waals surface area contributed by atoms with Crippen molar-refractivity contribution in [1.29, 1.82) is 0 Å². The minimum atomic E-state index is -0.276. The lowest BCUT2D eigenvalue weighted by atomic mass is 10.1. The van der Waals surface area contributed by atoms with Crippen LogP contribution in [-0.4, -0.2) is 10.9 Å². The van der Waals surface area contributed by atoms with Crippen LogP contribution in [0.5, 0.6) is 0 Å². The van der Waals surface area contributed by atoms with Crippen molar-refractivity contribution in [2.45, 2.75) is 6.54 Å². The van der Waals surface area contributed by atoms with E-state index in [1.807, 2.05) is 24.3 Å². The lowest BCUT2D eigenvalue weighted by Gasteiger charge is -2.01. The van der Waals surface area contributed by atoms with Gasteiger partial charge in [0.25, 0.3) is 0 Å². The molecule has 4 heteroatoms. The Balaban J connectivity index is 2.41. The predicted molar refractivity (Wildman–Crippen MR) is 51.2 cm³/mol. The number of para-hydroxylation sites is 1. The number of azo groups is 1. The van der Waals surface area contributed by atoms with Gasteiger partial charge >= 0.3 is 5.91 Å². The van der Waals surface area contributed by atoms with Gasteiger partial charge in [0.1, 0.15) is 5.69 Å². The third-order valence-electron chi connectivity index (χ3n) is 2.42. The predicted octanol–water partition coefficient (Wildman–Crippen LogP) is 2.27. The van der Waals surface area contributed by atoms with Crippen molar-refractivity contribution in [3.63, 3.8) is 0 Å². The molecular weight excluding hydrogens is 178 g/mol. The molecule has 14 heavy (non-hydrogen) atoms. The quantitative estimate of drug-likeness (QED) is 0.672. The minimum Gasteiger partial charge on any atom is -0.350 e. The van der Waals surface area contributed by atoms with E-state index in [0.717, 1.165) is 16.5 Å². The Labute approximate surface area is 79.7 Å². The maximum absolute atomic E-state index is 11.4. The van der Waals surface area contributed by atoms with Crippen molar-refractivity contribution in [2.75, 3.05) is 0 Å². The fourth-order valence-electron chi connectivity index (χ4n) is 1.77. The molecule has 0 saturated heterocycles. The third-order valence-corrected chi connectivity index (χ3v) is 2.42. The molecule has 0 aliphatic carbocycles. The maximum atomic E-state index is 11.4. The molecule has 0 spiro atoms. The Kier molecular flexibility index (Phi) is 1.33. The molecule has 1 aromatic heterocycles. The summed E-state index contributed by atoms with van der Waals surface area (Å²) >= 11 is 0. The van der Waals surface area contributed by atoms with E-state index < -0.39 is 0 Å². The van der Waals surface area contributed by atoms with Crippen LogP contribution in [0.4, 0.5) is 0 Å². The van der Waals surface area contributed by atoms with E-state index in [1.165, 1.54) is 0 Å². The van der Waals surface area contributed by atoms with E-state index in [4.69, 9.17) is 0 Å². The van der Waals surface area contributed by atoms with Gasteiger partial charge in [-0.1, -0.05) is 18.2 Å². The van der Waals surface area contributed by atoms with Gasteiger partial charge in [-0.3, -0.25) is 4.79 Å². The Morgan fingerprint density at radius 2 is 2.14 bits per heavy atom. The average molecular weight is 185 g/mol. The van der Waals surface area contributed by atoms with Crippen LogP contribution in [0.1, 0.15) is 16.1 Å². The molecular formula is C10H7N3O. The number of aromatic amines is 1. The molecule has 2 aromatic rings. The van der Waals surface area contributed by atoms with Crippen LogP contribution in [-0.2, 0) is 6.54 Å². The Bertz CT molecular complexity index is 553. The second-order valence-corrected chi connectivity index (χ2v) is 3.23. The van der Waals surface area contributed by atoms with Crippen LogP contribution < -0.4 is 0 Å². The van der Waals surface area contributed by atoms with Crippen molar-refractivity contribution in [1.82, 2.24) is 4.98 Å². The molecule has 1 aliphatic heterocycles. The van der Waals surface area contributed by atoms with Gasteiger partial charge in [0.15, 0.2) is 0 Å². The van der Waals surface area contributed by atoms with Crippen LogP contribution in [0.2, 0.25) is 0 Å². The summed E-state index contributed by atoms with van der Waals surface area (Å²) < 4.78 is 0. The average Bonchev–Trinajstić information content (AvgIpc) is 2.59. The smallest absolute Gasteiger partial charge is 0.311 e. The number of hydrogen-bond acceptors (Lipinski definition) is 2. The lowest BCUT2D eigenvalue weighted by molar-refractivity contribution is 0.0984. The van der Waals surface area contributed by atoms with Gasteiger partial charge in [0.2, 0.25) is 0 Å². The summed E-state index contributed by atoms with van der Waals surface area (Å²) in [6.45, 7) is 0.491. The molecule has 1 amide bonds. The van der Waals surface area contributed by atoms with Gasteiger partial charge in [-0.25, -0.2) is 0 Å². The Hall–Kier alpha value is -1.97. The summed E-state index contributed by atoms with van der Waals surface area (Å²) in [5.74, 6) is -0.276. The van der Waals surface area contributed by atoms with Gasteiger partial charge < -0.3 is 4.98 Å². The number of rotatable bonds is 0. The molecule has 4 nitrogen and oxygen atoms in total. The van der Waals surface area contributed by atoms with Crippen LogP contribution in [0.25, 0.3) is 10.9 Å². The van der Waals surface area contributed by atoms with E-state index in [1.54, 1.807) is 0 Å². The van der Waals surface area contributed by atoms with Crippen molar-refractivity contribution in [2.24, 2.45) is 10.2 Å². The van der Waals surface area contributed by atoms with E-state index in [2.05, 4.69) is 15.2 Å². The largest absolute Gasteiger partial charge is 0.350 e. The highest BCUT2D eigenvalue weighted by atomic mass is 16.2. The molecule has 1 aliphatic rings. The summed E-state index contributed by atoms with van der Waals surface area (Å²) in [5, 5.41) is 8.36. The maximum Gasteiger partial charge on any atom is 0.311 e. The number of benzene rings is 1. The number of carbonyl (C=O) groups excluding carboxylic acids is 1. The molecule has 2 heterocycles. The number of hydrogen-bond donors (Lipinski definition) is 1. The zero-order chi connectivity index (χ0) is 9.54. The van der Waals surface area contributed by atoms with Gasteiger partial charge in [-0.2, -0.15) is 5.11 Å². The first-order valence-corrected chi connectivity index (χ1v) is 4.37. The topological polar surface area (TPSA) is 57.6 Å². The first-order chi connectivity index (χ1) is 6.86. The molecule has 68 valence electrons. The number of nitrogens with one attached hydrogen (secondary N) is 1. The highest BCUT2D eigenvalue weighted by Crippen LogP contribution is 2.26. The number of fused-ring (bicyclic) bond motifs is 3. The normalized spacial score (nSPS) is 14.7. The summed E-state index contributed by atoms with van der Waals surface area (Å²) in [5.41, 5.74) is 2.51. The molecule has 0 atom stereocenters. The minimum absolute atomic E-state index is 0.276. The van der Waals surface area contributed by atoms with E-state index in [9.17, 15) is 4.79 Å². The summed E-state index contributed by atoms with van der Waals surface area (Å²) in [7, 11) is 0. The number of aromatic nitrogens is 1. The van der Waals surface area contributed by atoms with E-state index in [0.29, 0.717) is 12.2 Å². The van der Waals surface area contributed by atoms with Crippen molar-refractivity contribution in [3.05, 3.63) is 35.5 Å². The van der Waals surface area contributed by atoms with Crippen LogP contribution in [0.3, 0.4) is 0 Å². The lowest BCUT2D eigenvalue weighted by Crippen LogP contribution is -2.03. The van der Waals surface area contributed by atoms with Gasteiger partial charge in [-0.05, 0) is 6.07 Å². The second kappa shape index (κ2) is 2.51. The second-order valence-electron chi connectivity index (χ2n) is 3.23. The molecule has 0 fully saturated rings. The first-order valence-electron chi connectivity index (χ1n) is 4.37. The highest BCUT2D eigenvalue weighted by molar-refractivity contribution is 6.01. The van der Waals surface area contributed by atoms with Crippen molar-refractivity contribution in [3.8, 4) is 0 Å². The fraction of sp³-hybridized carbons (Fsp3) is 0.100. The van der Waals surface area contributed by atoms with Gasteiger partial charge in [-0.15, -0.1) is 5.11 Å². The summed E-state index contributed by atoms with van der Waals surface area (Å²) in [6, 6.07) is 7.81. The zero-order valence-corrected chi connectivity index (χ0v) is 7.32. The van der Waals surface area contributed by atoms with Crippen molar-refractivity contribution >= 4 is 16.8 Å². The van der Waals surface area contributed by atoms with Crippen LogP contribution in [0.15, 0.2) is 34.5 Å². The van der Waals surface area contributed by atoms with Crippen molar-refractivity contribution < 1.29 is 4.79 Å². The number of amides is 1. The first kappa shape index (κ1) is 7.44. The molecule has 0 unspecified atom stereocenters. The fourth-order valence-corrected chi connectivity index (χ4v) is 1.77. The molecule has 0 saturated carbocycles. The zero-order valence-electron chi connectivity index (χ0n) is 7.32. The molecule has 3 rings (SSSR count). The Morgan fingerprint density at radius 1 is 1.29 bits per heavy atom. The molecule has 1 aromatic carbocycles. The van der Waals surface area contributed by atoms with E-state index >= 15 is 0 Å². The van der Waals surface area contributed by atoms with Crippen LogP contribution >= 0.6 is 0 Å². The number of H-pyrrole nitrogens is 1. The standard InChI is InChI=1S/C10H7N3O/c14-10-9-7(5-11-13-10)6-3-1-2-4-8(6)12-9/h1-4,12H,5H2. The van der Waals surface area contributed by atoms with E-state index in [-0.39, 0.29) is 5.91 Å². The monoisotopic (exact) mass is 185 g/mol. The van der Waals surface area contributed by atoms with Crippen LogP contribution in [0, 0.1) is 0 Å². The summed E-state index contributed by atoms with van der Waals surface area (Å²) in [4.78, 5) is 14.4. The highest BCUT2D eigenvalue weighted by Gasteiger charge is 2.19. The molecule has 0 radical (unpaired) electrons. The number of carbonyl (C=O) groups is 1. The molecule has 0 bridgehead atoms. The van der Waals surface area contributed by atoms with Gasteiger partial charge in [0, 0.05) is 16.5 Å². The summed E-state index contributed by atoms with van der Waals surface area (Å²) in [6.07, 6.45) is 0.